The minimum absolute atomic E-state index is 0.849. The maximum atomic E-state index is 4.03. The Labute approximate surface area is 95.1 Å². The Kier molecular flexibility index (Phi) is 3.16. The van der Waals surface area contributed by atoms with E-state index in [2.05, 4.69) is 38.4 Å². The van der Waals surface area contributed by atoms with E-state index in [9.17, 15) is 0 Å². The number of aromatic nitrogens is 1. The first kappa shape index (κ1) is 9.68. The molecule has 0 aliphatic carbocycles. The van der Waals surface area contributed by atoms with Crippen LogP contribution in [0.2, 0.25) is 0 Å². The van der Waals surface area contributed by atoms with Gasteiger partial charge in [-0.25, -0.2) is 0 Å². The van der Waals surface area contributed by atoms with Crippen molar-refractivity contribution < 1.29 is 0 Å². The van der Waals surface area contributed by atoms with Crippen LogP contribution < -0.4 is 5.32 Å². The van der Waals surface area contributed by atoms with Gasteiger partial charge in [-0.05, 0) is 40.2 Å². The molecule has 72 valence electrons. The van der Waals surface area contributed by atoms with Crippen molar-refractivity contribution >= 4 is 33.0 Å². The summed E-state index contributed by atoms with van der Waals surface area (Å²) in [5, 5.41) is 3.30. The summed E-state index contributed by atoms with van der Waals surface area (Å²) in [4.78, 5) is 5.34. The Morgan fingerprint density at radius 2 is 2.29 bits per heavy atom. The highest BCUT2D eigenvalue weighted by Crippen LogP contribution is 2.22. The number of hydrogen-bond donors (Lipinski definition) is 1. The molecular weight excluding hydrogens is 260 g/mol. The Balaban J connectivity index is 1.95. The monoisotopic (exact) mass is 268 g/mol. The topological polar surface area (TPSA) is 24.9 Å². The lowest BCUT2D eigenvalue weighted by molar-refractivity contribution is 1.17. The van der Waals surface area contributed by atoms with E-state index in [1.807, 2.05) is 18.3 Å². The lowest BCUT2D eigenvalue weighted by Crippen LogP contribution is -1.96. The van der Waals surface area contributed by atoms with E-state index in [1.165, 1.54) is 8.66 Å². The average molecular weight is 269 g/mol. The fourth-order valence-corrected chi connectivity index (χ4v) is 2.53. The van der Waals surface area contributed by atoms with Gasteiger partial charge in [0.25, 0.3) is 0 Å². The Morgan fingerprint density at radius 3 is 2.93 bits per heavy atom. The van der Waals surface area contributed by atoms with Gasteiger partial charge >= 0.3 is 0 Å². The third-order valence-corrected chi connectivity index (χ3v) is 3.38. The average Bonchev–Trinajstić information content (AvgIpc) is 2.63. The lowest BCUT2D eigenvalue weighted by atomic mass is 10.4. The van der Waals surface area contributed by atoms with Gasteiger partial charge in [0.2, 0.25) is 0 Å². The van der Waals surface area contributed by atoms with Crippen LogP contribution in [-0.2, 0) is 6.54 Å². The van der Waals surface area contributed by atoms with Gasteiger partial charge < -0.3 is 5.32 Å². The van der Waals surface area contributed by atoms with E-state index < -0.39 is 0 Å². The summed E-state index contributed by atoms with van der Waals surface area (Å²) in [6.07, 6.45) is 3.59. The number of anilines is 1. The van der Waals surface area contributed by atoms with Gasteiger partial charge in [0, 0.05) is 23.8 Å². The smallest absolute Gasteiger partial charge is 0.0702 e. The van der Waals surface area contributed by atoms with Crippen LogP contribution in [0, 0.1) is 0 Å². The molecule has 0 saturated heterocycles. The highest BCUT2D eigenvalue weighted by atomic mass is 79.9. The van der Waals surface area contributed by atoms with Gasteiger partial charge in [-0.15, -0.1) is 11.3 Å². The molecule has 14 heavy (non-hydrogen) atoms. The molecule has 4 heteroatoms. The van der Waals surface area contributed by atoms with Crippen molar-refractivity contribution in [3.63, 3.8) is 0 Å². The number of nitrogens with zero attached hydrogens (tertiary/aromatic N) is 1. The molecule has 2 aromatic heterocycles. The molecule has 0 atom stereocenters. The highest BCUT2D eigenvalue weighted by Gasteiger charge is 1.97. The number of nitrogens with one attached hydrogen (secondary N) is 1. The van der Waals surface area contributed by atoms with E-state index in [0.717, 1.165) is 12.2 Å². The molecule has 2 heterocycles. The molecule has 0 unspecified atom stereocenters. The molecule has 0 amide bonds. The third kappa shape index (κ3) is 2.56. The third-order valence-electron chi connectivity index (χ3n) is 1.76. The molecule has 0 aliphatic rings. The van der Waals surface area contributed by atoms with Crippen molar-refractivity contribution in [2.75, 3.05) is 5.32 Å². The molecule has 0 radical (unpaired) electrons. The summed E-state index contributed by atoms with van der Waals surface area (Å²) in [7, 11) is 0. The molecule has 2 nitrogen and oxygen atoms in total. The van der Waals surface area contributed by atoms with Gasteiger partial charge in [0.1, 0.15) is 0 Å². The van der Waals surface area contributed by atoms with Gasteiger partial charge in [-0.1, -0.05) is 0 Å². The fourth-order valence-electron chi connectivity index (χ4n) is 1.10. The molecular formula is C10H9BrN2S. The second-order valence-corrected chi connectivity index (χ2v) is 5.35. The van der Waals surface area contributed by atoms with Crippen LogP contribution in [0.3, 0.4) is 0 Å². The fraction of sp³-hybridized carbons (Fsp3) is 0.100. The molecule has 0 saturated carbocycles. The second-order valence-electron chi connectivity index (χ2n) is 2.80. The van der Waals surface area contributed by atoms with Crippen LogP contribution in [0.15, 0.2) is 40.4 Å². The van der Waals surface area contributed by atoms with Crippen molar-refractivity contribution in [3.05, 3.63) is 45.3 Å². The Bertz CT molecular complexity index is 400. The highest BCUT2D eigenvalue weighted by molar-refractivity contribution is 9.11. The number of hydrogen-bond acceptors (Lipinski definition) is 3. The largest absolute Gasteiger partial charge is 0.379 e. The van der Waals surface area contributed by atoms with Crippen molar-refractivity contribution in [2.45, 2.75) is 6.54 Å². The first-order valence-corrected chi connectivity index (χ1v) is 5.83. The zero-order valence-corrected chi connectivity index (χ0v) is 9.81. The van der Waals surface area contributed by atoms with Gasteiger partial charge in [0.15, 0.2) is 0 Å². The number of halogens is 1. The summed E-state index contributed by atoms with van der Waals surface area (Å²) in [6.45, 7) is 0.849. The first-order valence-electron chi connectivity index (χ1n) is 4.23. The van der Waals surface area contributed by atoms with Crippen LogP contribution >= 0.6 is 27.3 Å². The Morgan fingerprint density at radius 1 is 1.36 bits per heavy atom. The predicted molar refractivity (Wildman–Crippen MR) is 63.6 cm³/mol. The minimum Gasteiger partial charge on any atom is -0.379 e. The normalized spacial score (nSPS) is 10.1. The number of pyridine rings is 1. The van der Waals surface area contributed by atoms with E-state index in [-0.39, 0.29) is 0 Å². The molecule has 0 spiro atoms. The molecule has 0 fully saturated rings. The number of thiophene rings is 1. The molecule has 2 rings (SSSR count). The van der Waals surface area contributed by atoms with Crippen LogP contribution in [0.25, 0.3) is 0 Å². The van der Waals surface area contributed by atoms with Crippen molar-refractivity contribution in [3.8, 4) is 0 Å². The first-order chi connectivity index (χ1) is 6.84. The van der Waals surface area contributed by atoms with Crippen molar-refractivity contribution in [2.24, 2.45) is 0 Å². The molecule has 1 N–H and O–H groups in total. The van der Waals surface area contributed by atoms with Crippen molar-refractivity contribution in [1.82, 2.24) is 4.98 Å². The van der Waals surface area contributed by atoms with Gasteiger partial charge in [0.05, 0.1) is 9.47 Å². The standard InChI is InChI=1S/C10H9BrN2S/c11-10-4-3-9(14-10)7-13-8-2-1-5-12-6-8/h1-6,13H,7H2. The van der Waals surface area contributed by atoms with E-state index in [0.29, 0.717) is 0 Å². The molecule has 0 bridgehead atoms. The second kappa shape index (κ2) is 4.57. The SMILES string of the molecule is Brc1ccc(CNc2cccnc2)s1. The Hall–Kier alpha value is -0.870. The van der Waals surface area contributed by atoms with Gasteiger partial charge in [-0.3, -0.25) is 4.98 Å². The van der Waals surface area contributed by atoms with E-state index >= 15 is 0 Å². The number of rotatable bonds is 3. The zero-order valence-electron chi connectivity index (χ0n) is 7.40. The van der Waals surface area contributed by atoms with Gasteiger partial charge in [-0.2, -0.15) is 0 Å². The van der Waals surface area contributed by atoms with Crippen LogP contribution in [0.1, 0.15) is 4.88 Å². The zero-order chi connectivity index (χ0) is 9.80. The van der Waals surface area contributed by atoms with Crippen molar-refractivity contribution in [1.29, 1.82) is 0 Å². The quantitative estimate of drug-likeness (QED) is 0.922. The van der Waals surface area contributed by atoms with Crippen LogP contribution in [0.4, 0.5) is 5.69 Å². The summed E-state index contributed by atoms with van der Waals surface area (Å²) >= 11 is 5.18. The summed E-state index contributed by atoms with van der Waals surface area (Å²) in [5.41, 5.74) is 1.05. The van der Waals surface area contributed by atoms with E-state index in [1.54, 1.807) is 17.5 Å². The van der Waals surface area contributed by atoms with Crippen LogP contribution in [-0.4, -0.2) is 4.98 Å². The van der Waals surface area contributed by atoms with E-state index in [4.69, 9.17) is 0 Å². The minimum atomic E-state index is 0.849. The maximum absolute atomic E-state index is 4.03. The summed E-state index contributed by atoms with van der Waals surface area (Å²) in [6, 6.07) is 8.10. The summed E-state index contributed by atoms with van der Waals surface area (Å²) < 4.78 is 1.17. The summed E-state index contributed by atoms with van der Waals surface area (Å²) in [5.74, 6) is 0. The lowest BCUT2D eigenvalue weighted by Gasteiger charge is -2.02. The molecule has 2 aromatic rings. The molecule has 0 aromatic carbocycles. The van der Waals surface area contributed by atoms with Crippen LogP contribution in [0.5, 0.6) is 0 Å². The predicted octanol–water partition coefficient (Wildman–Crippen LogP) is 3.52. The molecule has 0 aliphatic heterocycles. The maximum Gasteiger partial charge on any atom is 0.0702 e.